The molecule has 1 amide bonds. The standard InChI is InChI=1S/C16H13NO3.C16H13NO/c18-15-14-12-8-4-5-9-13(12)16(20-19-14)17(15)10-11-6-2-1-3-7-11;18-16-10-14-8-4-5-9-15(14)12-17(16)11-13-6-2-1-3-7-13/h1-9,14,16H,10H2;1-10,12H,11H2. The lowest BCUT2D eigenvalue weighted by atomic mass is 9.94. The van der Waals surface area contributed by atoms with Crippen LogP contribution in [0, 0.1) is 0 Å². The van der Waals surface area contributed by atoms with E-state index in [0.717, 1.165) is 33.0 Å². The zero-order chi connectivity index (χ0) is 25.9. The Morgan fingerprint density at radius 1 is 0.605 bits per heavy atom. The average molecular weight is 503 g/mol. The highest BCUT2D eigenvalue weighted by molar-refractivity contribution is 5.85. The second-order valence-corrected chi connectivity index (χ2v) is 9.36. The molecule has 0 spiro atoms. The van der Waals surface area contributed by atoms with E-state index in [9.17, 15) is 9.59 Å². The normalized spacial score (nSPS) is 17.6. The van der Waals surface area contributed by atoms with Crippen LogP contribution in [0.1, 0.15) is 34.6 Å². The van der Waals surface area contributed by atoms with Crippen LogP contribution in [0.15, 0.2) is 126 Å². The predicted octanol–water partition coefficient (Wildman–Crippen LogP) is 5.78. The second kappa shape index (κ2) is 10.5. The van der Waals surface area contributed by atoms with Gasteiger partial charge in [0.15, 0.2) is 12.3 Å². The largest absolute Gasteiger partial charge is 0.310 e. The van der Waals surface area contributed by atoms with Crippen molar-refractivity contribution in [3.63, 3.8) is 0 Å². The van der Waals surface area contributed by atoms with E-state index in [-0.39, 0.29) is 11.5 Å². The summed E-state index contributed by atoms with van der Waals surface area (Å²) in [7, 11) is 0. The molecule has 188 valence electrons. The van der Waals surface area contributed by atoms with Gasteiger partial charge >= 0.3 is 0 Å². The van der Waals surface area contributed by atoms with E-state index < -0.39 is 12.3 Å². The topological polar surface area (TPSA) is 60.8 Å². The van der Waals surface area contributed by atoms with Crippen LogP contribution >= 0.6 is 0 Å². The van der Waals surface area contributed by atoms with E-state index in [1.165, 1.54) is 0 Å². The summed E-state index contributed by atoms with van der Waals surface area (Å²) in [5.41, 5.74) is 4.18. The Morgan fingerprint density at radius 3 is 1.89 bits per heavy atom. The lowest BCUT2D eigenvalue weighted by molar-refractivity contribution is -0.405. The highest BCUT2D eigenvalue weighted by atomic mass is 17.2. The predicted molar refractivity (Wildman–Crippen MR) is 145 cm³/mol. The summed E-state index contributed by atoms with van der Waals surface area (Å²) in [6, 6.07) is 37.3. The van der Waals surface area contributed by atoms with Crippen LogP contribution in [-0.4, -0.2) is 15.4 Å². The number of aromatic nitrogens is 1. The highest BCUT2D eigenvalue weighted by Gasteiger charge is 2.46. The van der Waals surface area contributed by atoms with Gasteiger partial charge in [0.05, 0.1) is 6.54 Å². The summed E-state index contributed by atoms with van der Waals surface area (Å²) in [5, 5.41) is 2.08. The Morgan fingerprint density at radius 2 is 1.18 bits per heavy atom. The molecule has 0 aliphatic carbocycles. The summed E-state index contributed by atoms with van der Waals surface area (Å²) in [6.07, 6.45) is 0.828. The molecular formula is C32H26N2O4. The highest BCUT2D eigenvalue weighted by Crippen LogP contribution is 2.44. The van der Waals surface area contributed by atoms with Crippen molar-refractivity contribution in [2.75, 3.05) is 0 Å². The van der Waals surface area contributed by atoms with Crippen molar-refractivity contribution < 1.29 is 14.6 Å². The number of rotatable bonds is 4. The number of hydrogen-bond donors (Lipinski definition) is 0. The molecule has 4 aromatic carbocycles. The third-order valence-corrected chi connectivity index (χ3v) is 6.82. The van der Waals surface area contributed by atoms with Crippen molar-refractivity contribution in [2.45, 2.75) is 25.4 Å². The maximum atomic E-state index is 12.5. The van der Waals surface area contributed by atoms with Crippen LogP contribution in [-0.2, 0) is 27.7 Å². The lowest BCUT2D eigenvalue weighted by Crippen LogP contribution is -2.48. The molecule has 0 N–H and O–H groups in total. The van der Waals surface area contributed by atoms with Gasteiger partial charge in [0.25, 0.3) is 11.5 Å². The van der Waals surface area contributed by atoms with Crippen molar-refractivity contribution in [3.8, 4) is 0 Å². The Balaban J connectivity index is 0.000000140. The van der Waals surface area contributed by atoms with Gasteiger partial charge < -0.3 is 9.47 Å². The fourth-order valence-electron chi connectivity index (χ4n) is 4.90. The smallest absolute Gasteiger partial charge is 0.262 e. The first-order chi connectivity index (χ1) is 18.7. The molecule has 2 atom stereocenters. The number of fused-ring (bicyclic) bond motifs is 3. The molecule has 2 bridgehead atoms. The molecule has 8 rings (SSSR count). The molecule has 1 saturated heterocycles. The van der Waals surface area contributed by atoms with Crippen molar-refractivity contribution in [3.05, 3.63) is 154 Å². The van der Waals surface area contributed by atoms with Gasteiger partial charge in [-0.2, -0.15) is 0 Å². The SMILES string of the molecule is O=C1C2OOC(c3ccccc32)N1Cc1ccccc1.O=c1cc2ccccc2cn1Cc1ccccc1. The molecule has 0 radical (unpaired) electrons. The van der Waals surface area contributed by atoms with Crippen LogP contribution in [0.3, 0.4) is 0 Å². The molecule has 5 aromatic rings. The van der Waals surface area contributed by atoms with E-state index in [1.807, 2.05) is 115 Å². The van der Waals surface area contributed by atoms with Crippen molar-refractivity contribution >= 4 is 16.7 Å². The molecule has 4 heterocycles. The maximum absolute atomic E-state index is 12.5. The first-order valence-electron chi connectivity index (χ1n) is 12.6. The monoisotopic (exact) mass is 502 g/mol. The van der Waals surface area contributed by atoms with E-state index in [2.05, 4.69) is 0 Å². The van der Waals surface area contributed by atoms with E-state index in [4.69, 9.17) is 9.78 Å². The molecule has 1 aromatic heterocycles. The van der Waals surface area contributed by atoms with Crippen molar-refractivity contribution in [2.24, 2.45) is 0 Å². The van der Waals surface area contributed by atoms with Gasteiger partial charge in [-0.05, 0) is 21.9 Å². The number of benzene rings is 4. The maximum Gasteiger partial charge on any atom is 0.262 e. The van der Waals surface area contributed by atoms with Crippen LogP contribution in [0.4, 0.5) is 0 Å². The zero-order valence-corrected chi connectivity index (χ0v) is 20.6. The second-order valence-electron chi connectivity index (χ2n) is 9.36. The van der Waals surface area contributed by atoms with Gasteiger partial charge in [-0.3, -0.25) is 9.59 Å². The van der Waals surface area contributed by atoms with Gasteiger partial charge in [0, 0.05) is 29.9 Å². The van der Waals surface area contributed by atoms with Crippen LogP contribution < -0.4 is 5.56 Å². The number of pyridine rings is 1. The molecule has 2 unspecified atom stereocenters. The molecule has 1 fully saturated rings. The minimum atomic E-state index is -0.639. The molecule has 0 saturated carbocycles. The fraction of sp³-hybridized carbons (Fsp3) is 0.125. The summed E-state index contributed by atoms with van der Waals surface area (Å²) in [5.74, 6) is -0.0381. The summed E-state index contributed by atoms with van der Waals surface area (Å²) < 4.78 is 1.75. The van der Waals surface area contributed by atoms with E-state index in [1.54, 1.807) is 15.5 Å². The minimum Gasteiger partial charge on any atom is -0.310 e. The fourth-order valence-corrected chi connectivity index (χ4v) is 4.90. The van der Waals surface area contributed by atoms with E-state index >= 15 is 0 Å². The average Bonchev–Trinajstić information content (AvgIpc) is 2.97. The number of carbonyl (C=O) groups is 1. The number of amides is 1. The molecule has 3 aliphatic rings. The van der Waals surface area contributed by atoms with E-state index in [0.29, 0.717) is 13.1 Å². The number of nitrogens with zero attached hydrogens (tertiary/aromatic N) is 2. The molecule has 38 heavy (non-hydrogen) atoms. The molecule has 6 nitrogen and oxygen atoms in total. The van der Waals surface area contributed by atoms with Gasteiger partial charge in [-0.15, -0.1) is 0 Å². The van der Waals surface area contributed by atoms with Crippen molar-refractivity contribution in [1.82, 2.24) is 9.47 Å². The third-order valence-electron chi connectivity index (χ3n) is 6.82. The number of carbonyl (C=O) groups excluding carboxylic acids is 1. The van der Waals surface area contributed by atoms with Gasteiger partial charge in [0.2, 0.25) is 0 Å². The van der Waals surface area contributed by atoms with Gasteiger partial charge in [0.1, 0.15) is 0 Å². The number of hydrogen-bond acceptors (Lipinski definition) is 4. The first kappa shape index (κ1) is 23.9. The van der Waals surface area contributed by atoms with Gasteiger partial charge in [-0.25, -0.2) is 9.78 Å². The minimum absolute atomic E-state index is 0.0381. The lowest BCUT2D eigenvalue weighted by Gasteiger charge is -2.43. The molecular weight excluding hydrogens is 476 g/mol. The van der Waals surface area contributed by atoms with Crippen LogP contribution in [0.2, 0.25) is 0 Å². The third kappa shape index (κ3) is 4.75. The Hall–Kier alpha value is -4.52. The Kier molecular flexibility index (Phi) is 6.56. The summed E-state index contributed by atoms with van der Waals surface area (Å²) >= 11 is 0. The Bertz CT molecular complexity index is 1630. The molecule has 6 heteroatoms. The summed E-state index contributed by atoms with van der Waals surface area (Å²) in [4.78, 5) is 36.8. The van der Waals surface area contributed by atoms with Crippen LogP contribution in [0.5, 0.6) is 0 Å². The van der Waals surface area contributed by atoms with Gasteiger partial charge in [-0.1, -0.05) is 109 Å². The Labute approximate surface area is 220 Å². The summed E-state index contributed by atoms with van der Waals surface area (Å²) in [6.45, 7) is 1.14. The first-order valence-corrected chi connectivity index (χ1v) is 12.6. The molecule has 3 aliphatic heterocycles. The van der Waals surface area contributed by atoms with Crippen LogP contribution in [0.25, 0.3) is 10.8 Å². The quantitative estimate of drug-likeness (QED) is 0.292. The van der Waals surface area contributed by atoms with Crippen molar-refractivity contribution in [1.29, 1.82) is 0 Å². The zero-order valence-electron chi connectivity index (χ0n) is 20.6.